The van der Waals surface area contributed by atoms with Crippen LogP contribution >= 0.6 is 0 Å². The standard InChI is InChI=1S/C12H16F2N2O3S/c1-3-7-15-12(17)8(2)16-20(18,19)11-9(13)5-4-6-10(11)14/h4-6,8,16H,3,7H2,1-2H3,(H,15,17)/t8-/m0/s1. The number of hydrogen-bond donors (Lipinski definition) is 2. The fourth-order valence-corrected chi connectivity index (χ4v) is 2.83. The van der Waals surface area contributed by atoms with Gasteiger partial charge in [0.15, 0.2) is 4.90 Å². The molecular formula is C12H16F2N2O3S. The molecule has 0 fully saturated rings. The Kier molecular flexibility index (Phi) is 5.58. The number of hydrogen-bond acceptors (Lipinski definition) is 3. The topological polar surface area (TPSA) is 75.3 Å². The highest BCUT2D eigenvalue weighted by molar-refractivity contribution is 7.89. The summed E-state index contributed by atoms with van der Waals surface area (Å²) >= 11 is 0. The molecule has 2 N–H and O–H groups in total. The number of carbonyl (C=O) groups excluding carboxylic acids is 1. The van der Waals surface area contributed by atoms with Crippen LogP contribution in [-0.2, 0) is 14.8 Å². The Bertz CT molecular complexity index is 570. The second-order valence-electron chi connectivity index (χ2n) is 4.18. The molecule has 0 unspecified atom stereocenters. The van der Waals surface area contributed by atoms with Gasteiger partial charge in [-0.2, -0.15) is 4.72 Å². The van der Waals surface area contributed by atoms with Crippen molar-refractivity contribution in [3.05, 3.63) is 29.8 Å². The summed E-state index contributed by atoms with van der Waals surface area (Å²) in [5, 5.41) is 2.48. The second-order valence-corrected chi connectivity index (χ2v) is 5.84. The zero-order valence-electron chi connectivity index (χ0n) is 11.1. The Hall–Kier alpha value is -1.54. The molecule has 1 amide bonds. The van der Waals surface area contributed by atoms with Gasteiger partial charge in [0.1, 0.15) is 11.6 Å². The summed E-state index contributed by atoms with van der Waals surface area (Å²) in [5.41, 5.74) is 0. The smallest absolute Gasteiger partial charge is 0.247 e. The second kappa shape index (κ2) is 6.76. The molecule has 1 rings (SSSR count). The van der Waals surface area contributed by atoms with Gasteiger partial charge in [0.2, 0.25) is 15.9 Å². The Morgan fingerprint density at radius 3 is 2.35 bits per heavy atom. The first-order valence-corrected chi connectivity index (χ1v) is 7.52. The summed E-state index contributed by atoms with van der Waals surface area (Å²) in [6, 6.07) is 1.59. The summed E-state index contributed by atoms with van der Waals surface area (Å²) in [4.78, 5) is 10.5. The van der Waals surface area contributed by atoms with Gasteiger partial charge in [-0.15, -0.1) is 0 Å². The lowest BCUT2D eigenvalue weighted by Crippen LogP contribution is -2.45. The van der Waals surface area contributed by atoms with Crippen molar-refractivity contribution in [2.75, 3.05) is 6.54 Å². The van der Waals surface area contributed by atoms with E-state index in [0.29, 0.717) is 13.0 Å². The predicted octanol–water partition coefficient (Wildman–Crippen LogP) is 1.16. The van der Waals surface area contributed by atoms with E-state index in [2.05, 4.69) is 5.32 Å². The van der Waals surface area contributed by atoms with E-state index in [1.165, 1.54) is 6.92 Å². The van der Waals surface area contributed by atoms with Gasteiger partial charge in [-0.05, 0) is 25.5 Å². The van der Waals surface area contributed by atoms with E-state index in [0.717, 1.165) is 18.2 Å². The van der Waals surface area contributed by atoms with Crippen molar-refractivity contribution in [1.29, 1.82) is 0 Å². The molecule has 1 aromatic rings. The Morgan fingerprint density at radius 2 is 1.85 bits per heavy atom. The molecule has 112 valence electrons. The van der Waals surface area contributed by atoms with Crippen LogP contribution in [0.1, 0.15) is 20.3 Å². The van der Waals surface area contributed by atoms with Crippen LogP contribution in [0.3, 0.4) is 0 Å². The Balaban J connectivity index is 2.93. The van der Waals surface area contributed by atoms with Gasteiger partial charge < -0.3 is 5.32 Å². The molecule has 1 aromatic carbocycles. The summed E-state index contributed by atoms with van der Waals surface area (Å²) in [7, 11) is -4.45. The van der Waals surface area contributed by atoms with E-state index in [4.69, 9.17) is 0 Å². The van der Waals surface area contributed by atoms with Crippen molar-refractivity contribution >= 4 is 15.9 Å². The fourth-order valence-electron chi connectivity index (χ4n) is 1.49. The number of carbonyl (C=O) groups is 1. The molecule has 0 radical (unpaired) electrons. The molecule has 0 spiro atoms. The lowest BCUT2D eigenvalue weighted by atomic mass is 10.3. The zero-order valence-corrected chi connectivity index (χ0v) is 11.9. The van der Waals surface area contributed by atoms with E-state index in [1.807, 2.05) is 11.6 Å². The lowest BCUT2D eigenvalue weighted by molar-refractivity contribution is -0.122. The molecule has 20 heavy (non-hydrogen) atoms. The molecule has 5 nitrogen and oxygen atoms in total. The first kappa shape index (κ1) is 16.5. The molecule has 0 aliphatic carbocycles. The molecule has 0 saturated carbocycles. The maximum absolute atomic E-state index is 13.4. The molecule has 0 aliphatic heterocycles. The average Bonchev–Trinajstić information content (AvgIpc) is 2.34. The summed E-state index contributed by atoms with van der Waals surface area (Å²) in [6.07, 6.45) is 0.688. The highest BCUT2D eigenvalue weighted by atomic mass is 32.2. The Morgan fingerprint density at radius 1 is 1.30 bits per heavy atom. The third-order valence-electron chi connectivity index (χ3n) is 2.46. The minimum atomic E-state index is -4.45. The Labute approximate surface area is 116 Å². The van der Waals surface area contributed by atoms with Crippen molar-refractivity contribution in [1.82, 2.24) is 10.0 Å². The van der Waals surface area contributed by atoms with Crippen LogP contribution in [0.25, 0.3) is 0 Å². The van der Waals surface area contributed by atoms with Crippen molar-refractivity contribution in [3.63, 3.8) is 0 Å². The van der Waals surface area contributed by atoms with E-state index >= 15 is 0 Å². The van der Waals surface area contributed by atoms with E-state index in [9.17, 15) is 22.0 Å². The highest BCUT2D eigenvalue weighted by Crippen LogP contribution is 2.18. The molecule has 0 saturated heterocycles. The number of halogens is 2. The van der Waals surface area contributed by atoms with Crippen LogP contribution in [0, 0.1) is 11.6 Å². The van der Waals surface area contributed by atoms with Gasteiger partial charge in [-0.3, -0.25) is 4.79 Å². The first-order valence-electron chi connectivity index (χ1n) is 6.03. The van der Waals surface area contributed by atoms with Crippen LogP contribution in [0.2, 0.25) is 0 Å². The van der Waals surface area contributed by atoms with Crippen molar-refractivity contribution in [3.8, 4) is 0 Å². The molecular weight excluding hydrogens is 290 g/mol. The van der Waals surface area contributed by atoms with Crippen molar-refractivity contribution in [2.24, 2.45) is 0 Å². The minimum absolute atomic E-state index is 0.388. The van der Waals surface area contributed by atoms with Crippen LogP contribution in [0.5, 0.6) is 0 Å². The van der Waals surface area contributed by atoms with Crippen LogP contribution < -0.4 is 10.0 Å². The van der Waals surface area contributed by atoms with Gasteiger partial charge >= 0.3 is 0 Å². The molecule has 1 atom stereocenters. The van der Waals surface area contributed by atoms with Crippen LogP contribution in [-0.4, -0.2) is 26.9 Å². The van der Waals surface area contributed by atoms with Crippen molar-refractivity contribution < 1.29 is 22.0 Å². The molecule has 0 aliphatic rings. The molecule has 0 heterocycles. The monoisotopic (exact) mass is 306 g/mol. The minimum Gasteiger partial charge on any atom is -0.355 e. The number of sulfonamides is 1. The number of nitrogens with one attached hydrogen (secondary N) is 2. The van der Waals surface area contributed by atoms with Gasteiger partial charge in [-0.25, -0.2) is 17.2 Å². The normalized spacial score (nSPS) is 13.0. The fraction of sp³-hybridized carbons (Fsp3) is 0.417. The van der Waals surface area contributed by atoms with E-state index in [-0.39, 0.29) is 0 Å². The average molecular weight is 306 g/mol. The maximum atomic E-state index is 13.4. The number of rotatable bonds is 6. The highest BCUT2D eigenvalue weighted by Gasteiger charge is 2.27. The van der Waals surface area contributed by atoms with Crippen LogP contribution in [0.4, 0.5) is 8.78 Å². The quantitative estimate of drug-likeness (QED) is 0.828. The zero-order chi connectivity index (χ0) is 15.3. The van der Waals surface area contributed by atoms with E-state index in [1.54, 1.807) is 0 Å². The van der Waals surface area contributed by atoms with Gasteiger partial charge in [0.25, 0.3) is 0 Å². The number of benzene rings is 1. The van der Waals surface area contributed by atoms with Gasteiger partial charge in [-0.1, -0.05) is 13.0 Å². The maximum Gasteiger partial charge on any atom is 0.247 e. The predicted molar refractivity (Wildman–Crippen MR) is 69.4 cm³/mol. The molecule has 8 heteroatoms. The third kappa shape index (κ3) is 3.97. The first-order chi connectivity index (χ1) is 9.29. The van der Waals surface area contributed by atoms with Crippen molar-refractivity contribution in [2.45, 2.75) is 31.2 Å². The summed E-state index contributed by atoms with van der Waals surface area (Å²) < 4.78 is 52.6. The largest absolute Gasteiger partial charge is 0.355 e. The van der Waals surface area contributed by atoms with Gasteiger partial charge in [0, 0.05) is 6.54 Å². The third-order valence-corrected chi connectivity index (χ3v) is 4.05. The van der Waals surface area contributed by atoms with Gasteiger partial charge in [0.05, 0.1) is 6.04 Å². The summed E-state index contributed by atoms with van der Waals surface area (Å²) in [5.74, 6) is -2.98. The lowest BCUT2D eigenvalue weighted by Gasteiger charge is -2.14. The van der Waals surface area contributed by atoms with Crippen LogP contribution in [0.15, 0.2) is 23.1 Å². The van der Waals surface area contributed by atoms with E-state index < -0.39 is 38.5 Å². The molecule has 0 aromatic heterocycles. The number of amides is 1. The summed E-state index contributed by atoms with van der Waals surface area (Å²) in [6.45, 7) is 3.52. The SMILES string of the molecule is CCCNC(=O)[C@H](C)NS(=O)(=O)c1c(F)cccc1F. The molecule has 0 bridgehead atoms.